The molecule has 0 bridgehead atoms. The third-order valence-corrected chi connectivity index (χ3v) is 3.46. The minimum atomic E-state index is -0.0197. The van der Waals surface area contributed by atoms with Crippen molar-refractivity contribution in [2.75, 3.05) is 0 Å². The van der Waals surface area contributed by atoms with Gasteiger partial charge in [0.05, 0.1) is 10.5 Å². The number of Topliss-reactive ketones (excluding diaryl/α,β-unsaturated/α-hetero) is 1. The van der Waals surface area contributed by atoms with Crippen LogP contribution < -0.4 is 0 Å². The van der Waals surface area contributed by atoms with E-state index >= 15 is 0 Å². The predicted molar refractivity (Wildman–Crippen MR) is 79.0 cm³/mol. The highest BCUT2D eigenvalue weighted by Crippen LogP contribution is 2.20. The van der Waals surface area contributed by atoms with Crippen molar-refractivity contribution in [3.63, 3.8) is 0 Å². The van der Waals surface area contributed by atoms with Gasteiger partial charge in [-0.3, -0.25) is 14.8 Å². The molecular weight excluding hydrogens is 272 g/mol. The number of ketones is 1. The van der Waals surface area contributed by atoms with Crippen molar-refractivity contribution < 1.29 is 4.79 Å². The number of rotatable bonds is 3. The van der Waals surface area contributed by atoms with E-state index in [4.69, 9.17) is 11.6 Å². The number of para-hydroxylation sites is 1. The lowest BCUT2D eigenvalue weighted by Gasteiger charge is -2.06. The van der Waals surface area contributed by atoms with Gasteiger partial charge in [-0.2, -0.15) is 0 Å². The van der Waals surface area contributed by atoms with Gasteiger partial charge in [-0.05, 0) is 23.8 Å². The van der Waals surface area contributed by atoms with Crippen LogP contribution in [-0.4, -0.2) is 15.8 Å². The van der Waals surface area contributed by atoms with Crippen LogP contribution in [-0.2, 0) is 6.42 Å². The Bertz CT molecular complexity index is 781. The lowest BCUT2D eigenvalue weighted by atomic mass is 10.0. The first-order valence-electron chi connectivity index (χ1n) is 6.21. The van der Waals surface area contributed by atoms with Gasteiger partial charge < -0.3 is 0 Å². The van der Waals surface area contributed by atoms with Crippen LogP contribution in [0.4, 0.5) is 0 Å². The summed E-state index contributed by atoms with van der Waals surface area (Å²) in [6.07, 6.45) is 5.08. The molecule has 4 heteroatoms. The summed E-state index contributed by atoms with van der Waals surface area (Å²) >= 11 is 6.01. The topological polar surface area (TPSA) is 42.9 Å². The molecule has 0 unspecified atom stereocenters. The lowest BCUT2D eigenvalue weighted by molar-refractivity contribution is 0.0993. The molecular formula is C16H11ClN2O. The summed E-state index contributed by atoms with van der Waals surface area (Å²) in [5.41, 5.74) is 2.34. The summed E-state index contributed by atoms with van der Waals surface area (Å²) in [6.45, 7) is 0. The van der Waals surface area contributed by atoms with E-state index in [1.54, 1.807) is 18.5 Å². The van der Waals surface area contributed by atoms with E-state index in [1.807, 2.05) is 30.3 Å². The molecule has 0 saturated heterocycles. The number of aromatic nitrogens is 2. The average molecular weight is 283 g/mol. The SMILES string of the molecule is O=C(Cc1ccnc2ccccc12)c1ccncc1Cl. The second kappa shape index (κ2) is 5.39. The number of hydrogen-bond donors (Lipinski definition) is 0. The number of benzene rings is 1. The fourth-order valence-electron chi connectivity index (χ4n) is 2.18. The number of carbonyl (C=O) groups is 1. The molecule has 98 valence electrons. The van der Waals surface area contributed by atoms with Crippen LogP contribution in [0.5, 0.6) is 0 Å². The third kappa shape index (κ3) is 2.40. The molecule has 0 aliphatic rings. The monoisotopic (exact) mass is 282 g/mol. The van der Waals surface area contributed by atoms with Crippen molar-refractivity contribution >= 4 is 28.3 Å². The molecule has 0 N–H and O–H groups in total. The van der Waals surface area contributed by atoms with Gasteiger partial charge in [0.25, 0.3) is 0 Å². The smallest absolute Gasteiger partial charge is 0.168 e. The van der Waals surface area contributed by atoms with Crippen molar-refractivity contribution in [2.24, 2.45) is 0 Å². The fourth-order valence-corrected chi connectivity index (χ4v) is 2.40. The lowest BCUT2D eigenvalue weighted by Crippen LogP contribution is -2.05. The minimum absolute atomic E-state index is 0.0197. The minimum Gasteiger partial charge on any atom is -0.294 e. The average Bonchev–Trinajstić information content (AvgIpc) is 2.48. The molecule has 3 rings (SSSR count). The van der Waals surface area contributed by atoms with E-state index in [1.165, 1.54) is 6.20 Å². The van der Waals surface area contributed by atoms with Crippen molar-refractivity contribution in [1.29, 1.82) is 0 Å². The number of hydrogen-bond acceptors (Lipinski definition) is 3. The standard InChI is InChI=1S/C16H11ClN2O/c17-14-10-18-7-6-13(14)16(20)9-11-5-8-19-15-4-2-1-3-12(11)15/h1-8,10H,9H2. The van der Waals surface area contributed by atoms with Gasteiger partial charge in [0.15, 0.2) is 5.78 Å². The van der Waals surface area contributed by atoms with Crippen LogP contribution in [0.1, 0.15) is 15.9 Å². The van der Waals surface area contributed by atoms with Crippen LogP contribution in [0.25, 0.3) is 10.9 Å². The molecule has 0 amide bonds. The maximum atomic E-state index is 12.3. The van der Waals surface area contributed by atoms with E-state index < -0.39 is 0 Å². The molecule has 2 heterocycles. The Labute approximate surface area is 121 Å². The van der Waals surface area contributed by atoms with Gasteiger partial charge in [0.2, 0.25) is 0 Å². The van der Waals surface area contributed by atoms with E-state index in [-0.39, 0.29) is 5.78 Å². The van der Waals surface area contributed by atoms with Gasteiger partial charge >= 0.3 is 0 Å². The second-order valence-electron chi connectivity index (χ2n) is 4.44. The van der Waals surface area contributed by atoms with Crippen LogP contribution >= 0.6 is 11.6 Å². The molecule has 2 aromatic heterocycles. The molecule has 0 atom stereocenters. The normalized spacial score (nSPS) is 10.7. The number of carbonyl (C=O) groups excluding carboxylic acids is 1. The number of nitrogens with zero attached hydrogens (tertiary/aromatic N) is 2. The summed E-state index contributed by atoms with van der Waals surface area (Å²) < 4.78 is 0. The van der Waals surface area contributed by atoms with E-state index in [0.717, 1.165) is 16.5 Å². The maximum Gasteiger partial charge on any atom is 0.168 e. The number of pyridine rings is 2. The first kappa shape index (κ1) is 12.8. The summed E-state index contributed by atoms with van der Waals surface area (Å²) in [5.74, 6) is -0.0197. The van der Waals surface area contributed by atoms with Crippen LogP contribution in [0.2, 0.25) is 5.02 Å². The Morgan fingerprint density at radius 3 is 2.80 bits per heavy atom. The van der Waals surface area contributed by atoms with Crippen molar-refractivity contribution in [3.05, 3.63) is 71.1 Å². The Morgan fingerprint density at radius 1 is 1.10 bits per heavy atom. The van der Waals surface area contributed by atoms with Crippen LogP contribution in [0.3, 0.4) is 0 Å². The van der Waals surface area contributed by atoms with Gasteiger partial charge in [-0.1, -0.05) is 29.8 Å². The van der Waals surface area contributed by atoms with Gasteiger partial charge in [-0.25, -0.2) is 0 Å². The molecule has 1 aromatic carbocycles. The zero-order valence-electron chi connectivity index (χ0n) is 10.6. The van der Waals surface area contributed by atoms with Gasteiger partial charge in [0, 0.05) is 36.0 Å². The molecule has 0 spiro atoms. The predicted octanol–water partition coefficient (Wildman–Crippen LogP) is 3.71. The van der Waals surface area contributed by atoms with Crippen molar-refractivity contribution in [1.82, 2.24) is 9.97 Å². The highest BCUT2D eigenvalue weighted by molar-refractivity contribution is 6.33. The zero-order valence-corrected chi connectivity index (χ0v) is 11.3. The second-order valence-corrected chi connectivity index (χ2v) is 4.85. The Kier molecular flexibility index (Phi) is 3.44. The van der Waals surface area contributed by atoms with Gasteiger partial charge in [-0.15, -0.1) is 0 Å². The first-order valence-corrected chi connectivity index (χ1v) is 6.59. The van der Waals surface area contributed by atoms with E-state index in [2.05, 4.69) is 9.97 Å². The number of halogens is 1. The van der Waals surface area contributed by atoms with E-state index in [9.17, 15) is 4.79 Å². The Morgan fingerprint density at radius 2 is 1.95 bits per heavy atom. The molecule has 0 fully saturated rings. The summed E-state index contributed by atoms with van der Waals surface area (Å²) in [7, 11) is 0. The van der Waals surface area contributed by atoms with Gasteiger partial charge in [0.1, 0.15) is 0 Å². The number of fused-ring (bicyclic) bond motifs is 1. The molecule has 3 aromatic rings. The largest absolute Gasteiger partial charge is 0.294 e. The molecule has 0 saturated carbocycles. The molecule has 0 aliphatic heterocycles. The molecule has 20 heavy (non-hydrogen) atoms. The molecule has 0 radical (unpaired) electrons. The zero-order chi connectivity index (χ0) is 13.9. The summed E-state index contributed by atoms with van der Waals surface area (Å²) in [5, 5.41) is 1.38. The summed E-state index contributed by atoms with van der Waals surface area (Å²) in [6, 6.07) is 11.3. The quantitative estimate of drug-likeness (QED) is 0.688. The van der Waals surface area contributed by atoms with E-state index in [0.29, 0.717) is 17.0 Å². The van der Waals surface area contributed by atoms with Crippen LogP contribution in [0.15, 0.2) is 55.0 Å². The first-order chi connectivity index (χ1) is 9.75. The fraction of sp³-hybridized carbons (Fsp3) is 0.0625. The summed E-state index contributed by atoms with van der Waals surface area (Å²) in [4.78, 5) is 20.5. The van der Waals surface area contributed by atoms with Crippen molar-refractivity contribution in [3.8, 4) is 0 Å². The highest BCUT2D eigenvalue weighted by atomic mass is 35.5. The van der Waals surface area contributed by atoms with Crippen molar-refractivity contribution in [2.45, 2.75) is 6.42 Å². The molecule has 0 aliphatic carbocycles. The Hall–Kier alpha value is -2.26. The maximum absolute atomic E-state index is 12.3. The third-order valence-electron chi connectivity index (χ3n) is 3.16. The Balaban J connectivity index is 1.98. The van der Waals surface area contributed by atoms with Crippen LogP contribution in [0, 0.1) is 0 Å². The molecule has 3 nitrogen and oxygen atoms in total. The highest BCUT2D eigenvalue weighted by Gasteiger charge is 2.12.